The van der Waals surface area contributed by atoms with Crippen molar-refractivity contribution in [2.45, 2.75) is 71.9 Å². The third-order valence-electron chi connectivity index (χ3n) is 5.32. The molecule has 0 bridgehead atoms. The zero-order valence-corrected chi connectivity index (χ0v) is 18.4. The van der Waals surface area contributed by atoms with Gasteiger partial charge in [-0.3, -0.25) is 9.59 Å². The zero-order valence-electron chi connectivity index (χ0n) is 18.4. The monoisotopic (exact) mass is 393 g/mol. The number of unbranched alkanes of at least 4 members (excludes halogenated alkanes) is 3. The summed E-state index contributed by atoms with van der Waals surface area (Å²) in [6.45, 7) is 7.88. The van der Waals surface area contributed by atoms with Crippen molar-refractivity contribution in [2.75, 3.05) is 26.8 Å². The smallest absolute Gasteiger partial charge is 0.242 e. The number of amides is 2. The Kier molecular flexibility index (Phi) is 11.6. The van der Waals surface area contributed by atoms with Crippen LogP contribution >= 0.6 is 0 Å². The van der Waals surface area contributed by atoms with Gasteiger partial charge in [-0.05, 0) is 31.9 Å². The normalized spacial score (nSPS) is 12.0. The number of aryl methyl sites for hydroxylation is 1. The number of rotatable bonds is 14. The quantitative estimate of drug-likeness (QED) is 0.454. The van der Waals surface area contributed by atoms with E-state index in [-0.39, 0.29) is 24.4 Å². The fourth-order valence-electron chi connectivity index (χ4n) is 3.15. The van der Waals surface area contributed by atoms with E-state index < -0.39 is 0 Å². The highest BCUT2D eigenvalue weighted by Crippen LogP contribution is 2.12. The average molecular weight is 394 g/mol. The molecule has 6 nitrogen and oxygen atoms in total. The first-order valence-corrected chi connectivity index (χ1v) is 10.6. The van der Waals surface area contributed by atoms with Gasteiger partial charge in [-0.2, -0.15) is 0 Å². The van der Waals surface area contributed by atoms with Gasteiger partial charge in [0, 0.05) is 45.1 Å². The topological polar surface area (TPSA) is 54.8 Å². The number of ether oxygens (including phenoxy) is 1. The van der Waals surface area contributed by atoms with Gasteiger partial charge in [-0.25, -0.2) is 0 Å². The Morgan fingerprint density at radius 3 is 2.50 bits per heavy atom. The van der Waals surface area contributed by atoms with Gasteiger partial charge in [0.05, 0.1) is 13.2 Å². The summed E-state index contributed by atoms with van der Waals surface area (Å²) in [4.78, 5) is 29.4. The maximum atomic E-state index is 13.1. The lowest BCUT2D eigenvalue weighted by Crippen LogP contribution is -2.47. The molecular formula is C22H39N3O3. The van der Waals surface area contributed by atoms with Crippen LogP contribution in [0.1, 0.15) is 65.0 Å². The first kappa shape index (κ1) is 24.2. The summed E-state index contributed by atoms with van der Waals surface area (Å²) in [6.07, 6.45) is 7.59. The van der Waals surface area contributed by atoms with Crippen LogP contribution in [0.2, 0.25) is 0 Å². The van der Waals surface area contributed by atoms with Crippen molar-refractivity contribution in [3.63, 3.8) is 0 Å². The second-order valence-electron chi connectivity index (χ2n) is 7.51. The molecule has 0 spiro atoms. The van der Waals surface area contributed by atoms with Gasteiger partial charge in [-0.1, -0.05) is 33.1 Å². The highest BCUT2D eigenvalue weighted by atomic mass is 16.5. The molecule has 0 N–H and O–H groups in total. The van der Waals surface area contributed by atoms with Crippen molar-refractivity contribution < 1.29 is 14.3 Å². The minimum Gasteiger partial charge on any atom is -0.383 e. The van der Waals surface area contributed by atoms with Gasteiger partial charge >= 0.3 is 0 Å². The van der Waals surface area contributed by atoms with Crippen molar-refractivity contribution in [1.82, 2.24) is 14.4 Å². The molecule has 0 saturated heterocycles. The Balaban J connectivity index is 2.79. The summed E-state index contributed by atoms with van der Waals surface area (Å²) in [5, 5.41) is 0. The van der Waals surface area contributed by atoms with Gasteiger partial charge in [-0.15, -0.1) is 0 Å². The van der Waals surface area contributed by atoms with Crippen LogP contribution in [-0.2, 0) is 27.9 Å². The molecular weight excluding hydrogens is 354 g/mol. The summed E-state index contributed by atoms with van der Waals surface area (Å²) in [5.41, 5.74) is 1.06. The van der Waals surface area contributed by atoms with Crippen molar-refractivity contribution in [2.24, 2.45) is 7.05 Å². The Morgan fingerprint density at radius 2 is 1.93 bits per heavy atom. The van der Waals surface area contributed by atoms with Crippen LogP contribution in [-0.4, -0.2) is 59.0 Å². The van der Waals surface area contributed by atoms with Crippen molar-refractivity contribution in [3.8, 4) is 0 Å². The van der Waals surface area contributed by atoms with Gasteiger partial charge < -0.3 is 19.1 Å². The van der Waals surface area contributed by atoms with E-state index in [0.29, 0.717) is 26.1 Å². The first-order valence-electron chi connectivity index (χ1n) is 10.6. The maximum Gasteiger partial charge on any atom is 0.242 e. The Hall–Kier alpha value is -1.82. The summed E-state index contributed by atoms with van der Waals surface area (Å²) >= 11 is 0. The second kappa shape index (κ2) is 13.4. The third-order valence-corrected chi connectivity index (χ3v) is 5.32. The van der Waals surface area contributed by atoms with E-state index in [4.69, 9.17) is 4.74 Å². The molecule has 1 rings (SSSR count). The number of hydrogen-bond donors (Lipinski definition) is 0. The lowest BCUT2D eigenvalue weighted by atomic mass is 10.1. The van der Waals surface area contributed by atoms with E-state index in [1.165, 1.54) is 0 Å². The van der Waals surface area contributed by atoms with Gasteiger partial charge in [0.2, 0.25) is 11.8 Å². The van der Waals surface area contributed by atoms with Gasteiger partial charge in [0.25, 0.3) is 0 Å². The number of carbonyl (C=O) groups is 2. The van der Waals surface area contributed by atoms with Crippen LogP contribution in [0.3, 0.4) is 0 Å². The highest BCUT2D eigenvalue weighted by molar-refractivity contribution is 5.85. The minimum absolute atomic E-state index is 0.0274. The predicted octanol–water partition coefficient (Wildman–Crippen LogP) is 3.60. The van der Waals surface area contributed by atoms with Gasteiger partial charge in [0.15, 0.2) is 0 Å². The van der Waals surface area contributed by atoms with Crippen LogP contribution in [0.15, 0.2) is 18.3 Å². The van der Waals surface area contributed by atoms with Gasteiger partial charge in [0.1, 0.15) is 6.54 Å². The average Bonchev–Trinajstić information content (AvgIpc) is 3.10. The molecule has 0 fully saturated rings. The zero-order chi connectivity index (χ0) is 20.9. The van der Waals surface area contributed by atoms with Crippen molar-refractivity contribution >= 4 is 11.8 Å². The number of nitrogens with zero attached hydrogens (tertiary/aromatic N) is 3. The first-order chi connectivity index (χ1) is 13.4. The fourth-order valence-corrected chi connectivity index (χ4v) is 3.15. The Bertz CT molecular complexity index is 585. The van der Waals surface area contributed by atoms with Crippen LogP contribution in [0, 0.1) is 0 Å². The summed E-state index contributed by atoms with van der Waals surface area (Å²) in [5.74, 6) is 0.0600. The third kappa shape index (κ3) is 8.05. The molecule has 1 heterocycles. The van der Waals surface area contributed by atoms with E-state index in [0.717, 1.165) is 37.8 Å². The summed E-state index contributed by atoms with van der Waals surface area (Å²) in [7, 11) is 3.61. The molecule has 2 amide bonds. The molecule has 1 unspecified atom stereocenters. The SMILES string of the molecule is CCCCCCC(=O)N(CC(=O)N(CCOC)Cc1cccn1C)C(C)CC. The Morgan fingerprint density at radius 1 is 1.18 bits per heavy atom. The lowest BCUT2D eigenvalue weighted by Gasteiger charge is -2.31. The summed E-state index contributed by atoms with van der Waals surface area (Å²) in [6, 6.07) is 4.04. The molecule has 0 aliphatic heterocycles. The molecule has 1 atom stereocenters. The Labute approximate surface area is 170 Å². The van der Waals surface area contributed by atoms with E-state index in [1.54, 1.807) is 16.9 Å². The van der Waals surface area contributed by atoms with Crippen LogP contribution in [0.5, 0.6) is 0 Å². The van der Waals surface area contributed by atoms with Crippen LogP contribution < -0.4 is 0 Å². The predicted molar refractivity (Wildman–Crippen MR) is 113 cm³/mol. The van der Waals surface area contributed by atoms with E-state index in [9.17, 15) is 9.59 Å². The molecule has 0 radical (unpaired) electrons. The van der Waals surface area contributed by atoms with Crippen molar-refractivity contribution in [1.29, 1.82) is 0 Å². The standard InChI is InChI=1S/C22H39N3O3/c1-6-8-9-10-13-21(26)25(19(3)7-2)18-22(27)24(15-16-28-5)17-20-12-11-14-23(20)4/h11-12,14,19H,6-10,13,15-18H2,1-5H3. The molecule has 1 aromatic rings. The summed E-state index contributed by atoms with van der Waals surface area (Å²) < 4.78 is 7.20. The fraction of sp³-hybridized carbons (Fsp3) is 0.727. The largest absolute Gasteiger partial charge is 0.383 e. The molecule has 0 saturated carbocycles. The molecule has 160 valence electrons. The lowest BCUT2D eigenvalue weighted by molar-refractivity contribution is -0.143. The maximum absolute atomic E-state index is 13.1. The number of hydrogen-bond acceptors (Lipinski definition) is 3. The second-order valence-corrected chi connectivity index (χ2v) is 7.51. The van der Waals surface area contributed by atoms with E-state index in [1.807, 2.05) is 36.9 Å². The van der Waals surface area contributed by atoms with Crippen LogP contribution in [0.4, 0.5) is 0 Å². The molecule has 0 aliphatic rings. The van der Waals surface area contributed by atoms with Crippen molar-refractivity contribution in [3.05, 3.63) is 24.0 Å². The van der Waals surface area contributed by atoms with E-state index >= 15 is 0 Å². The van der Waals surface area contributed by atoms with E-state index in [2.05, 4.69) is 13.8 Å². The molecule has 28 heavy (non-hydrogen) atoms. The van der Waals surface area contributed by atoms with Crippen LogP contribution in [0.25, 0.3) is 0 Å². The molecule has 1 aromatic heterocycles. The molecule has 0 aliphatic carbocycles. The number of aromatic nitrogens is 1. The minimum atomic E-state index is -0.0274. The number of carbonyl (C=O) groups excluding carboxylic acids is 2. The number of methoxy groups -OCH3 is 1. The molecule has 6 heteroatoms. The highest BCUT2D eigenvalue weighted by Gasteiger charge is 2.24. The molecule has 0 aromatic carbocycles.